The average Bonchev–Trinajstić information content (AvgIpc) is 2.34. The van der Waals surface area contributed by atoms with E-state index >= 15 is 0 Å². The molecule has 0 aliphatic rings. The molecule has 1 aromatic carbocycles. The first-order valence-corrected chi connectivity index (χ1v) is 5.91. The summed E-state index contributed by atoms with van der Waals surface area (Å²) >= 11 is 1.51. The lowest BCUT2D eigenvalue weighted by Gasteiger charge is -2.06. The molecule has 17 heavy (non-hydrogen) atoms. The first-order chi connectivity index (χ1) is 8.20. The summed E-state index contributed by atoms with van der Waals surface area (Å²) in [4.78, 5) is 5.32. The Balaban J connectivity index is 2.32. The van der Waals surface area contributed by atoms with Gasteiger partial charge in [0.1, 0.15) is 11.1 Å². The summed E-state index contributed by atoms with van der Waals surface area (Å²) in [6, 6.07) is 11.7. The Hall–Kier alpha value is -1.99. The number of nitrogen functional groups attached to an aromatic ring is 1. The first-order valence-electron chi connectivity index (χ1n) is 5.10. The minimum absolute atomic E-state index is 0.483. The monoisotopic (exact) mass is 241 g/mol. The Bertz CT molecular complexity index is 587. The SMILES string of the molecule is Cc1ccccc1Sc1ncc(C#N)cc1N. The van der Waals surface area contributed by atoms with E-state index in [1.165, 1.54) is 23.5 Å². The van der Waals surface area contributed by atoms with Crippen LogP contribution in [0.3, 0.4) is 0 Å². The second-order valence-electron chi connectivity index (χ2n) is 3.60. The minimum atomic E-state index is 0.483. The number of benzene rings is 1. The molecule has 0 atom stereocenters. The molecule has 0 saturated heterocycles. The second kappa shape index (κ2) is 4.89. The number of nitriles is 1. The van der Waals surface area contributed by atoms with Gasteiger partial charge in [-0.1, -0.05) is 30.0 Å². The van der Waals surface area contributed by atoms with Crippen molar-refractivity contribution in [3.63, 3.8) is 0 Å². The number of aromatic nitrogens is 1. The maximum Gasteiger partial charge on any atom is 0.124 e. The topological polar surface area (TPSA) is 62.7 Å². The maximum absolute atomic E-state index is 8.73. The van der Waals surface area contributed by atoms with Crippen molar-refractivity contribution in [3.8, 4) is 6.07 Å². The highest BCUT2D eigenvalue weighted by Gasteiger charge is 2.06. The van der Waals surface area contributed by atoms with E-state index in [4.69, 9.17) is 11.0 Å². The molecule has 0 saturated carbocycles. The van der Waals surface area contributed by atoms with E-state index in [0.717, 1.165) is 9.92 Å². The zero-order valence-electron chi connectivity index (χ0n) is 9.34. The van der Waals surface area contributed by atoms with E-state index in [-0.39, 0.29) is 0 Å². The molecule has 2 aromatic rings. The molecule has 0 bridgehead atoms. The summed E-state index contributed by atoms with van der Waals surface area (Å²) < 4.78 is 0. The zero-order valence-corrected chi connectivity index (χ0v) is 10.2. The van der Waals surface area contributed by atoms with Crippen LogP contribution in [-0.2, 0) is 0 Å². The van der Waals surface area contributed by atoms with E-state index < -0.39 is 0 Å². The lowest BCUT2D eigenvalue weighted by atomic mass is 10.2. The largest absolute Gasteiger partial charge is 0.396 e. The molecule has 1 heterocycles. The van der Waals surface area contributed by atoms with Gasteiger partial charge in [0.2, 0.25) is 0 Å². The number of anilines is 1. The molecule has 84 valence electrons. The van der Waals surface area contributed by atoms with Crippen LogP contribution in [-0.4, -0.2) is 4.98 Å². The van der Waals surface area contributed by atoms with E-state index in [0.29, 0.717) is 11.3 Å². The van der Waals surface area contributed by atoms with Crippen molar-refractivity contribution in [1.29, 1.82) is 5.26 Å². The van der Waals surface area contributed by atoms with Gasteiger partial charge in [0, 0.05) is 11.1 Å². The number of hydrogen-bond acceptors (Lipinski definition) is 4. The summed E-state index contributed by atoms with van der Waals surface area (Å²) in [6.45, 7) is 2.04. The molecule has 0 fully saturated rings. The molecule has 0 amide bonds. The van der Waals surface area contributed by atoms with Gasteiger partial charge in [0.05, 0.1) is 11.3 Å². The van der Waals surface area contributed by atoms with Crippen LogP contribution in [0.2, 0.25) is 0 Å². The molecule has 1 aromatic heterocycles. The van der Waals surface area contributed by atoms with Crippen molar-refractivity contribution in [1.82, 2.24) is 4.98 Å². The highest BCUT2D eigenvalue weighted by Crippen LogP contribution is 2.32. The van der Waals surface area contributed by atoms with Crippen LogP contribution < -0.4 is 5.73 Å². The van der Waals surface area contributed by atoms with Crippen molar-refractivity contribution in [2.45, 2.75) is 16.8 Å². The molecule has 0 aliphatic carbocycles. The van der Waals surface area contributed by atoms with E-state index in [2.05, 4.69) is 4.98 Å². The molecular weight excluding hydrogens is 230 g/mol. The third-order valence-corrected chi connectivity index (χ3v) is 3.52. The van der Waals surface area contributed by atoms with E-state index in [1.807, 2.05) is 37.3 Å². The Morgan fingerprint density at radius 3 is 2.76 bits per heavy atom. The quantitative estimate of drug-likeness (QED) is 0.878. The zero-order chi connectivity index (χ0) is 12.3. The number of aryl methyl sites for hydroxylation is 1. The highest BCUT2D eigenvalue weighted by molar-refractivity contribution is 7.99. The molecular formula is C13H11N3S. The average molecular weight is 241 g/mol. The third kappa shape index (κ3) is 2.58. The number of nitrogens with zero attached hydrogens (tertiary/aromatic N) is 2. The Morgan fingerprint density at radius 1 is 1.35 bits per heavy atom. The predicted molar refractivity (Wildman–Crippen MR) is 68.7 cm³/mol. The standard InChI is InChI=1S/C13H11N3S/c1-9-4-2-3-5-12(9)17-13-11(15)6-10(7-14)8-16-13/h2-6,8H,15H2,1H3. The van der Waals surface area contributed by atoms with Crippen molar-refractivity contribution in [2.75, 3.05) is 5.73 Å². The van der Waals surface area contributed by atoms with Crippen molar-refractivity contribution < 1.29 is 0 Å². The predicted octanol–water partition coefficient (Wildman–Crippen LogP) is 3.00. The fraction of sp³-hybridized carbons (Fsp3) is 0.0769. The second-order valence-corrected chi connectivity index (χ2v) is 4.63. The van der Waals surface area contributed by atoms with Gasteiger partial charge in [-0.25, -0.2) is 4.98 Å². The van der Waals surface area contributed by atoms with Gasteiger partial charge in [-0.05, 0) is 24.6 Å². The molecule has 0 radical (unpaired) electrons. The minimum Gasteiger partial charge on any atom is -0.396 e. The molecule has 4 heteroatoms. The van der Waals surface area contributed by atoms with Gasteiger partial charge in [-0.3, -0.25) is 0 Å². The molecule has 0 aliphatic heterocycles. The van der Waals surface area contributed by atoms with Crippen LogP contribution in [0.15, 0.2) is 46.5 Å². The summed E-state index contributed by atoms with van der Waals surface area (Å²) in [5.41, 5.74) is 8.07. The normalized spacial score (nSPS) is 9.88. The smallest absolute Gasteiger partial charge is 0.124 e. The number of pyridine rings is 1. The lowest BCUT2D eigenvalue weighted by Crippen LogP contribution is -1.93. The number of nitrogens with two attached hydrogens (primary N) is 1. The third-order valence-electron chi connectivity index (χ3n) is 2.31. The fourth-order valence-corrected chi connectivity index (χ4v) is 2.26. The van der Waals surface area contributed by atoms with E-state index in [1.54, 1.807) is 6.07 Å². The summed E-state index contributed by atoms with van der Waals surface area (Å²) in [7, 11) is 0. The van der Waals surface area contributed by atoms with E-state index in [9.17, 15) is 0 Å². The van der Waals surface area contributed by atoms with Crippen molar-refractivity contribution >= 4 is 17.4 Å². The van der Waals surface area contributed by atoms with Gasteiger partial charge in [-0.2, -0.15) is 5.26 Å². The van der Waals surface area contributed by atoms with Gasteiger partial charge < -0.3 is 5.73 Å². The fourth-order valence-electron chi connectivity index (χ4n) is 1.39. The van der Waals surface area contributed by atoms with Crippen LogP contribution in [0.25, 0.3) is 0 Å². The van der Waals surface area contributed by atoms with Gasteiger partial charge in [0.25, 0.3) is 0 Å². The first kappa shape index (κ1) is 11.5. The summed E-state index contributed by atoms with van der Waals surface area (Å²) in [5.74, 6) is 0. The highest BCUT2D eigenvalue weighted by atomic mass is 32.2. The van der Waals surface area contributed by atoms with Gasteiger partial charge in [0.15, 0.2) is 0 Å². The van der Waals surface area contributed by atoms with Crippen LogP contribution in [0.4, 0.5) is 5.69 Å². The lowest BCUT2D eigenvalue weighted by molar-refractivity contribution is 1.13. The summed E-state index contributed by atoms with van der Waals surface area (Å²) in [6.07, 6.45) is 1.54. The molecule has 0 unspecified atom stereocenters. The van der Waals surface area contributed by atoms with Gasteiger partial charge >= 0.3 is 0 Å². The molecule has 0 spiro atoms. The number of hydrogen-bond donors (Lipinski definition) is 1. The molecule has 3 nitrogen and oxygen atoms in total. The van der Waals surface area contributed by atoms with Gasteiger partial charge in [-0.15, -0.1) is 0 Å². The van der Waals surface area contributed by atoms with Crippen molar-refractivity contribution in [2.24, 2.45) is 0 Å². The summed E-state index contributed by atoms with van der Waals surface area (Å²) in [5, 5.41) is 9.47. The number of rotatable bonds is 2. The van der Waals surface area contributed by atoms with Crippen molar-refractivity contribution in [3.05, 3.63) is 47.7 Å². The Labute approximate surface area is 104 Å². The Morgan fingerprint density at radius 2 is 2.12 bits per heavy atom. The molecule has 2 rings (SSSR count). The van der Waals surface area contributed by atoms with Crippen LogP contribution in [0.1, 0.15) is 11.1 Å². The van der Waals surface area contributed by atoms with Crippen LogP contribution in [0, 0.1) is 18.3 Å². The molecule has 2 N–H and O–H groups in total. The Kier molecular flexibility index (Phi) is 3.31. The van der Waals surface area contributed by atoms with Crippen LogP contribution >= 0.6 is 11.8 Å². The maximum atomic E-state index is 8.73. The van der Waals surface area contributed by atoms with Crippen LogP contribution in [0.5, 0.6) is 0 Å².